The Morgan fingerprint density at radius 1 is 1.00 bits per heavy atom. The van der Waals surface area contributed by atoms with Crippen LogP contribution in [0.1, 0.15) is 0 Å². The minimum absolute atomic E-state index is 0. The van der Waals surface area contributed by atoms with Gasteiger partial charge in [0.25, 0.3) is 0 Å². The van der Waals surface area contributed by atoms with Gasteiger partial charge < -0.3 is 19.2 Å². The van der Waals surface area contributed by atoms with Gasteiger partial charge in [-0.2, -0.15) is 7.82 Å². The molecule has 0 aromatic carbocycles. The fraction of sp³-hybridized carbons (Fsp3) is 0. The van der Waals surface area contributed by atoms with E-state index in [4.69, 9.17) is 19.2 Å². The molecule has 8 heavy (non-hydrogen) atoms. The smallest absolute Gasteiger partial charge is 0.822 e. The van der Waals surface area contributed by atoms with Crippen molar-refractivity contribution in [3.63, 3.8) is 0 Å². The Balaban J connectivity index is -0.0000000267. The molecule has 0 unspecified atom stereocenters. The van der Waals surface area contributed by atoms with E-state index in [0.717, 1.165) is 0 Å². The first-order valence-electron chi connectivity index (χ1n) is 0.730. The Labute approximate surface area is 97.1 Å². The number of hydrogen-bond donors (Lipinski definition) is 0. The van der Waals surface area contributed by atoms with Crippen molar-refractivity contribution in [2.45, 2.75) is 0 Å². The first-order chi connectivity index (χ1) is 2.00. The van der Waals surface area contributed by atoms with Crippen LogP contribution < -0.4 is 33.5 Å². The third-order valence-electron chi connectivity index (χ3n) is 0. The predicted molar refractivity (Wildman–Crippen MR) is 7.61 cm³/mol. The maximum Gasteiger partial charge on any atom is 1.00 e. The van der Waals surface area contributed by atoms with Crippen molar-refractivity contribution in [3.05, 3.63) is 0 Å². The van der Waals surface area contributed by atoms with E-state index in [2.05, 4.69) is 0 Å². The first kappa shape index (κ1) is 22.4. The molecule has 0 radical (unpaired) electrons. The van der Waals surface area contributed by atoms with Crippen LogP contribution in [0.15, 0.2) is 0 Å². The standard InChI is InChI=1S/Li.H3O4P.2Zr/c;1-5(2,3)4;;/h;(H3,1,2,3,4);;/q+1;;;/p-3. The quantitative estimate of drug-likeness (QED) is 0.327. The Bertz CT molecular complexity index is 60.2. The first-order valence-corrected chi connectivity index (χ1v) is 2.19. The number of phosphoric acid groups is 1. The Morgan fingerprint density at radius 3 is 1.00 bits per heavy atom. The number of rotatable bonds is 0. The maximum atomic E-state index is 8.55. The van der Waals surface area contributed by atoms with E-state index in [1.165, 1.54) is 0 Å². The van der Waals surface area contributed by atoms with E-state index in [1.807, 2.05) is 0 Å². The molecule has 0 atom stereocenters. The molecule has 0 spiro atoms. The van der Waals surface area contributed by atoms with E-state index >= 15 is 0 Å². The predicted octanol–water partition coefficient (Wildman–Crippen LogP) is -5.83. The zero-order valence-electron chi connectivity index (χ0n) is 4.08. The minimum Gasteiger partial charge on any atom is -0.822 e. The molecule has 0 aliphatic heterocycles. The summed E-state index contributed by atoms with van der Waals surface area (Å²) in [5, 5.41) is 0. The van der Waals surface area contributed by atoms with Gasteiger partial charge in [0.05, 0.1) is 0 Å². The summed E-state index contributed by atoms with van der Waals surface area (Å²) in [6, 6.07) is 0. The molecule has 0 rings (SSSR count). The SMILES string of the molecule is O=P([O-])([O-])[O-].[Li+].[Zr].[Zr]. The van der Waals surface area contributed by atoms with Crippen LogP contribution >= 0.6 is 7.82 Å². The zero-order valence-corrected chi connectivity index (χ0v) is 9.89. The van der Waals surface area contributed by atoms with Gasteiger partial charge in [-0.3, -0.25) is 0 Å². The second-order valence-electron chi connectivity index (χ2n) is 0.447. The topological polar surface area (TPSA) is 86.2 Å². The van der Waals surface area contributed by atoms with E-state index in [0.29, 0.717) is 0 Å². The second-order valence-corrected chi connectivity index (χ2v) is 1.34. The molecule has 0 aliphatic carbocycles. The third kappa shape index (κ3) is 77.4. The van der Waals surface area contributed by atoms with Gasteiger partial charge in [0.2, 0.25) is 0 Å². The molecule has 0 heterocycles. The molecule has 4 nitrogen and oxygen atoms in total. The zero-order chi connectivity index (χ0) is 4.50. The molecule has 8 heteroatoms. The van der Waals surface area contributed by atoms with E-state index < -0.39 is 7.82 Å². The van der Waals surface area contributed by atoms with Crippen molar-refractivity contribution in [2.75, 3.05) is 0 Å². The summed E-state index contributed by atoms with van der Waals surface area (Å²) in [6.07, 6.45) is 0. The second kappa shape index (κ2) is 9.47. The van der Waals surface area contributed by atoms with Crippen LogP contribution in [0.4, 0.5) is 0 Å². The van der Waals surface area contributed by atoms with Crippen molar-refractivity contribution in [2.24, 2.45) is 0 Å². The Kier molecular flexibility index (Phi) is 26.6. The van der Waals surface area contributed by atoms with Gasteiger partial charge in [-0.15, -0.1) is 0 Å². The summed E-state index contributed by atoms with van der Waals surface area (Å²) < 4.78 is 8.55. The summed E-state index contributed by atoms with van der Waals surface area (Å²) in [7, 11) is -5.39. The van der Waals surface area contributed by atoms with Crippen LogP contribution in [0, 0.1) is 0 Å². The Hall–Kier alpha value is 2.47. The molecule has 0 fully saturated rings. The van der Waals surface area contributed by atoms with Gasteiger partial charge in [0.1, 0.15) is 0 Å². The van der Waals surface area contributed by atoms with Crippen molar-refractivity contribution in [1.82, 2.24) is 0 Å². The van der Waals surface area contributed by atoms with Crippen LogP contribution in [0.25, 0.3) is 0 Å². The molecular formula is LiO4PZr2-2. The fourth-order valence-electron chi connectivity index (χ4n) is 0. The maximum absolute atomic E-state index is 8.55. The average molecular weight is 284 g/mol. The summed E-state index contributed by atoms with van der Waals surface area (Å²) in [6.45, 7) is 0. The summed E-state index contributed by atoms with van der Waals surface area (Å²) in [4.78, 5) is 25.6. The van der Waals surface area contributed by atoms with Crippen LogP contribution in [0.2, 0.25) is 0 Å². The normalized spacial score (nSPS) is 7.38. The molecule has 0 aromatic heterocycles. The molecule has 0 saturated heterocycles. The summed E-state index contributed by atoms with van der Waals surface area (Å²) >= 11 is 0. The van der Waals surface area contributed by atoms with E-state index in [1.54, 1.807) is 0 Å². The number of hydrogen-bond acceptors (Lipinski definition) is 4. The van der Waals surface area contributed by atoms with Crippen molar-refractivity contribution >= 4 is 7.82 Å². The van der Waals surface area contributed by atoms with Gasteiger partial charge in [0, 0.05) is 52.4 Å². The van der Waals surface area contributed by atoms with Gasteiger partial charge in [-0.1, -0.05) is 0 Å². The van der Waals surface area contributed by atoms with Crippen molar-refractivity contribution in [3.8, 4) is 0 Å². The van der Waals surface area contributed by atoms with Crippen LogP contribution in [0.3, 0.4) is 0 Å². The fourth-order valence-corrected chi connectivity index (χ4v) is 0. The molecule has 0 amide bonds. The Morgan fingerprint density at radius 2 is 1.00 bits per heavy atom. The van der Waals surface area contributed by atoms with Crippen molar-refractivity contribution in [1.29, 1.82) is 0 Å². The molecule has 0 N–H and O–H groups in total. The largest absolute Gasteiger partial charge is 1.00 e. The van der Waals surface area contributed by atoms with Crippen LogP contribution in [0.5, 0.6) is 0 Å². The average Bonchev–Trinajstić information content (AvgIpc) is 0.722. The van der Waals surface area contributed by atoms with E-state index in [-0.39, 0.29) is 71.3 Å². The summed E-state index contributed by atoms with van der Waals surface area (Å²) in [5.41, 5.74) is 0. The monoisotopic (exact) mass is 282 g/mol. The van der Waals surface area contributed by atoms with Gasteiger partial charge in [-0.25, -0.2) is 0 Å². The van der Waals surface area contributed by atoms with Gasteiger partial charge in [-0.05, 0) is 0 Å². The molecule has 0 aliphatic rings. The third-order valence-corrected chi connectivity index (χ3v) is 0. The minimum atomic E-state index is -5.39. The molecule has 40 valence electrons. The summed E-state index contributed by atoms with van der Waals surface area (Å²) in [5.74, 6) is 0. The van der Waals surface area contributed by atoms with E-state index in [9.17, 15) is 0 Å². The van der Waals surface area contributed by atoms with Gasteiger partial charge in [0.15, 0.2) is 0 Å². The molecule has 0 saturated carbocycles. The molecule has 0 bridgehead atoms. The van der Waals surface area contributed by atoms with Gasteiger partial charge >= 0.3 is 18.9 Å². The van der Waals surface area contributed by atoms with Crippen LogP contribution in [-0.4, -0.2) is 0 Å². The molecular weight excluding hydrogens is 284 g/mol. The van der Waals surface area contributed by atoms with Crippen LogP contribution in [-0.2, 0) is 57.0 Å². The molecule has 0 aromatic rings. The van der Waals surface area contributed by atoms with Crippen molar-refractivity contribution < 1.29 is 90.5 Å².